The van der Waals surface area contributed by atoms with E-state index in [0.29, 0.717) is 78.7 Å². The lowest BCUT2D eigenvalue weighted by atomic mass is 10.0. The molecule has 0 saturated heterocycles. The molecule has 0 radical (unpaired) electrons. The summed E-state index contributed by atoms with van der Waals surface area (Å²) in [6.45, 7) is 0.444. The molecule has 4 aromatic carbocycles. The quantitative estimate of drug-likeness (QED) is 0.144. The first-order valence-electron chi connectivity index (χ1n) is 14.3. The lowest BCUT2D eigenvalue weighted by Crippen LogP contribution is -2.10. The van der Waals surface area contributed by atoms with Gasteiger partial charge in [-0.1, -0.05) is 12.1 Å². The molecule has 234 valence electrons. The van der Waals surface area contributed by atoms with Crippen molar-refractivity contribution in [3.05, 3.63) is 106 Å². The first-order chi connectivity index (χ1) is 22.4. The Hall–Kier alpha value is -5.90. The monoisotopic (exact) mass is 622 g/mol. The molecule has 6 rings (SSSR count). The Morgan fingerprint density at radius 2 is 0.913 bits per heavy atom. The fourth-order valence-corrected chi connectivity index (χ4v) is 5.12. The van der Waals surface area contributed by atoms with Crippen molar-refractivity contribution in [1.29, 1.82) is 0 Å². The fraction of sp³-hybridized carbons (Fsp3) is 0.167. The van der Waals surface area contributed by atoms with Crippen molar-refractivity contribution in [2.45, 2.75) is 0 Å². The van der Waals surface area contributed by atoms with E-state index >= 15 is 0 Å². The zero-order chi connectivity index (χ0) is 32.2. The summed E-state index contributed by atoms with van der Waals surface area (Å²) >= 11 is 0. The highest BCUT2D eigenvalue weighted by Crippen LogP contribution is 2.33. The van der Waals surface area contributed by atoms with Gasteiger partial charge in [-0.2, -0.15) is 0 Å². The van der Waals surface area contributed by atoms with Crippen LogP contribution in [-0.4, -0.2) is 41.7 Å². The minimum absolute atomic E-state index is 0.179. The van der Waals surface area contributed by atoms with Crippen LogP contribution in [-0.2, 0) is 0 Å². The van der Waals surface area contributed by atoms with Crippen LogP contribution in [0.1, 0.15) is 0 Å². The average molecular weight is 623 g/mol. The Balaban J connectivity index is 1.11. The Morgan fingerprint density at radius 3 is 1.30 bits per heavy atom. The summed E-state index contributed by atoms with van der Waals surface area (Å²) < 4.78 is 44.6. The van der Waals surface area contributed by atoms with Crippen LogP contribution < -0.4 is 39.3 Å². The molecule has 0 aliphatic carbocycles. The number of hydrogen-bond donors (Lipinski definition) is 0. The van der Waals surface area contributed by atoms with Crippen molar-refractivity contribution in [2.24, 2.45) is 0 Å². The van der Waals surface area contributed by atoms with Crippen molar-refractivity contribution in [2.75, 3.05) is 41.7 Å². The third-order valence-electron chi connectivity index (χ3n) is 7.50. The molecule has 0 unspecified atom stereocenters. The van der Waals surface area contributed by atoms with Crippen LogP contribution in [0, 0.1) is 0 Å². The minimum atomic E-state index is -0.179. The number of ether oxygens (including phenoxy) is 6. The smallest absolute Gasteiger partial charge is 0.200 e. The van der Waals surface area contributed by atoms with Gasteiger partial charge in [0.1, 0.15) is 48.4 Å². The summed E-state index contributed by atoms with van der Waals surface area (Å²) in [5.41, 5.74) is 2.53. The van der Waals surface area contributed by atoms with Gasteiger partial charge in [0.2, 0.25) is 0 Å². The Labute approximate surface area is 263 Å². The molecule has 0 N–H and O–H groups in total. The van der Waals surface area contributed by atoms with Crippen molar-refractivity contribution in [1.82, 2.24) is 0 Å². The molecule has 0 saturated carbocycles. The van der Waals surface area contributed by atoms with E-state index in [4.69, 9.17) is 37.3 Å². The molecule has 46 heavy (non-hydrogen) atoms. The van der Waals surface area contributed by atoms with E-state index in [1.807, 2.05) is 0 Å². The molecule has 0 aliphatic rings. The van der Waals surface area contributed by atoms with Crippen LogP contribution >= 0.6 is 0 Å². The molecule has 10 heteroatoms. The van der Waals surface area contributed by atoms with E-state index in [-0.39, 0.29) is 24.1 Å². The average Bonchev–Trinajstić information content (AvgIpc) is 3.09. The summed E-state index contributed by atoms with van der Waals surface area (Å²) in [5.74, 6) is 3.19. The topological polar surface area (TPSA) is 116 Å². The van der Waals surface area contributed by atoms with Gasteiger partial charge in [-0.3, -0.25) is 9.59 Å². The molecule has 6 aromatic rings. The van der Waals surface area contributed by atoms with Crippen molar-refractivity contribution in [3.8, 4) is 56.8 Å². The number of rotatable bonds is 11. The predicted octanol–water partition coefficient (Wildman–Crippen LogP) is 6.73. The minimum Gasteiger partial charge on any atom is -0.493 e. The molecule has 0 spiro atoms. The van der Waals surface area contributed by atoms with Gasteiger partial charge in [0, 0.05) is 12.1 Å². The van der Waals surface area contributed by atoms with E-state index in [1.54, 1.807) is 87.0 Å². The van der Waals surface area contributed by atoms with E-state index in [1.165, 1.54) is 26.7 Å². The number of benzene rings is 4. The van der Waals surface area contributed by atoms with Crippen molar-refractivity contribution < 1.29 is 37.3 Å². The number of fused-ring (bicyclic) bond motifs is 2. The second-order valence-electron chi connectivity index (χ2n) is 10.1. The zero-order valence-electron chi connectivity index (χ0n) is 25.6. The van der Waals surface area contributed by atoms with Gasteiger partial charge < -0.3 is 37.3 Å². The van der Waals surface area contributed by atoms with Crippen LogP contribution in [0.15, 0.2) is 104 Å². The highest BCUT2D eigenvalue weighted by atomic mass is 16.5. The van der Waals surface area contributed by atoms with E-state index in [0.717, 1.165) is 0 Å². The zero-order valence-corrected chi connectivity index (χ0v) is 25.6. The van der Waals surface area contributed by atoms with Gasteiger partial charge in [-0.15, -0.1) is 0 Å². The maximum Gasteiger partial charge on any atom is 0.200 e. The van der Waals surface area contributed by atoms with Gasteiger partial charge >= 0.3 is 0 Å². The number of hydrogen-bond acceptors (Lipinski definition) is 10. The fourth-order valence-electron chi connectivity index (χ4n) is 5.12. The second kappa shape index (κ2) is 13.0. The van der Waals surface area contributed by atoms with Crippen LogP contribution in [0.5, 0.6) is 34.5 Å². The molecule has 0 bridgehead atoms. The lowest BCUT2D eigenvalue weighted by Gasteiger charge is -2.11. The van der Waals surface area contributed by atoms with Crippen LogP contribution in [0.3, 0.4) is 0 Å². The standard InChI is InChI=1S/C36H30O10/c1-39-29-11-5-21(15-33(29)41-3)27-19-45-31-17-23(7-9-25(31)35(27)37)43-13-14-44-24-8-10-26-32(18-24)46-20-28(36(26)38)22-6-12-30(40-2)34(16-22)42-4/h5-12,15-20H,13-14H2,1-4H3. The molecule has 0 fully saturated rings. The summed E-state index contributed by atoms with van der Waals surface area (Å²) in [6.07, 6.45) is 2.85. The van der Waals surface area contributed by atoms with Gasteiger partial charge in [-0.05, 0) is 59.7 Å². The van der Waals surface area contributed by atoms with Gasteiger partial charge in [0.15, 0.2) is 33.9 Å². The molecule has 2 heterocycles. The molecule has 0 aliphatic heterocycles. The first-order valence-corrected chi connectivity index (χ1v) is 14.3. The van der Waals surface area contributed by atoms with Crippen LogP contribution in [0.25, 0.3) is 44.2 Å². The summed E-state index contributed by atoms with van der Waals surface area (Å²) in [4.78, 5) is 26.5. The van der Waals surface area contributed by atoms with Gasteiger partial charge in [0.25, 0.3) is 0 Å². The molecule has 0 amide bonds. The normalized spacial score (nSPS) is 11.0. The SMILES string of the molecule is COc1ccc(-c2coc3cc(OCCOc4ccc5c(=O)c(-c6ccc(OC)c(OC)c6)coc5c4)ccc3c2=O)cc1OC. The van der Waals surface area contributed by atoms with E-state index in [2.05, 4.69) is 0 Å². The highest BCUT2D eigenvalue weighted by Gasteiger charge is 2.15. The van der Waals surface area contributed by atoms with Gasteiger partial charge in [-0.25, -0.2) is 0 Å². The highest BCUT2D eigenvalue weighted by molar-refractivity contribution is 5.84. The Bertz CT molecular complexity index is 2010. The third kappa shape index (κ3) is 5.80. The summed E-state index contributed by atoms with van der Waals surface area (Å²) in [5, 5.41) is 0.839. The molecule has 0 atom stereocenters. The largest absolute Gasteiger partial charge is 0.493 e. The maximum absolute atomic E-state index is 13.2. The summed E-state index contributed by atoms with van der Waals surface area (Å²) in [6, 6.07) is 20.6. The summed E-state index contributed by atoms with van der Waals surface area (Å²) in [7, 11) is 6.18. The predicted molar refractivity (Wildman–Crippen MR) is 173 cm³/mol. The number of methoxy groups -OCH3 is 4. The lowest BCUT2D eigenvalue weighted by molar-refractivity contribution is 0.217. The van der Waals surface area contributed by atoms with Crippen LogP contribution in [0.2, 0.25) is 0 Å². The van der Waals surface area contributed by atoms with Crippen molar-refractivity contribution in [3.63, 3.8) is 0 Å². The van der Waals surface area contributed by atoms with Crippen molar-refractivity contribution >= 4 is 21.9 Å². The maximum atomic E-state index is 13.2. The van der Waals surface area contributed by atoms with Crippen LogP contribution in [0.4, 0.5) is 0 Å². The Morgan fingerprint density at radius 1 is 0.500 bits per heavy atom. The van der Waals surface area contributed by atoms with Gasteiger partial charge in [0.05, 0.1) is 50.3 Å². The Kier molecular flexibility index (Phi) is 8.51. The molecule has 2 aromatic heterocycles. The third-order valence-corrected chi connectivity index (χ3v) is 7.50. The van der Waals surface area contributed by atoms with E-state index in [9.17, 15) is 9.59 Å². The molecule has 10 nitrogen and oxygen atoms in total. The second-order valence-corrected chi connectivity index (χ2v) is 10.1. The molecular weight excluding hydrogens is 592 g/mol. The van der Waals surface area contributed by atoms with E-state index < -0.39 is 0 Å². The molecular formula is C36H30O10. The first kappa shape index (κ1) is 30.1.